The summed E-state index contributed by atoms with van der Waals surface area (Å²) in [7, 11) is 1.51. The summed E-state index contributed by atoms with van der Waals surface area (Å²) in [6.45, 7) is 2.50. The molecule has 1 aromatic heterocycles. The third-order valence-corrected chi connectivity index (χ3v) is 6.47. The largest absolute Gasteiger partial charge is 0.481 e. The van der Waals surface area contributed by atoms with E-state index in [2.05, 4.69) is 10.3 Å². The molecule has 2 heterocycles. The number of aromatic nitrogens is 1. The van der Waals surface area contributed by atoms with Crippen molar-refractivity contribution in [3.8, 4) is 5.88 Å². The summed E-state index contributed by atoms with van der Waals surface area (Å²) in [6.07, 6.45) is 1.52. The lowest BCUT2D eigenvalue weighted by Gasteiger charge is -2.43. The standard InChI is InChI=1S/C20H27N3O5/c1-10-16(19(26)22-12-4-5-12)13-8-23(9-14(13)18(25)17(10)24)20(27)11-3-6-15(28-2)21-7-11/h3,6-7,10,12-14,16-18,24-25H,4-5,8-9H2,1-2H3,(H,22,26)/t10-,13+,14+,16+,17+,18+/m1/s1. The summed E-state index contributed by atoms with van der Waals surface area (Å²) in [6, 6.07) is 3.51. The Morgan fingerprint density at radius 2 is 1.89 bits per heavy atom. The zero-order valence-electron chi connectivity index (χ0n) is 16.1. The van der Waals surface area contributed by atoms with E-state index in [4.69, 9.17) is 4.74 Å². The second-order valence-corrected chi connectivity index (χ2v) is 8.28. The number of aliphatic hydroxyl groups excluding tert-OH is 2. The van der Waals surface area contributed by atoms with Crippen LogP contribution in [0.15, 0.2) is 18.3 Å². The van der Waals surface area contributed by atoms with Gasteiger partial charge in [-0.3, -0.25) is 9.59 Å². The van der Waals surface area contributed by atoms with Crippen LogP contribution in [-0.2, 0) is 4.79 Å². The minimum atomic E-state index is -0.978. The Balaban J connectivity index is 1.54. The molecule has 3 N–H and O–H groups in total. The Kier molecular flexibility index (Phi) is 5.01. The molecular formula is C20H27N3O5. The Morgan fingerprint density at radius 1 is 1.18 bits per heavy atom. The predicted molar refractivity (Wildman–Crippen MR) is 99.5 cm³/mol. The SMILES string of the molecule is COc1ccc(C(=O)N2C[C@@H]3[C@H](O)[C@@H](O)[C@H](C)[C@H](C(=O)NC4CC4)[C@H]3C2)cn1. The molecule has 2 saturated carbocycles. The summed E-state index contributed by atoms with van der Waals surface area (Å²) >= 11 is 0. The van der Waals surface area contributed by atoms with Crippen LogP contribution in [0.1, 0.15) is 30.1 Å². The first-order valence-electron chi connectivity index (χ1n) is 9.86. The van der Waals surface area contributed by atoms with Crippen LogP contribution in [-0.4, -0.2) is 70.4 Å². The molecule has 0 spiro atoms. The zero-order chi connectivity index (χ0) is 20.0. The molecule has 1 saturated heterocycles. The van der Waals surface area contributed by atoms with Gasteiger partial charge in [-0.1, -0.05) is 6.92 Å². The lowest BCUT2D eigenvalue weighted by Crippen LogP contribution is -2.55. The Morgan fingerprint density at radius 3 is 2.50 bits per heavy atom. The fourth-order valence-electron chi connectivity index (χ4n) is 4.70. The highest BCUT2D eigenvalue weighted by atomic mass is 16.5. The van der Waals surface area contributed by atoms with Crippen LogP contribution in [0, 0.1) is 23.7 Å². The van der Waals surface area contributed by atoms with E-state index >= 15 is 0 Å². The van der Waals surface area contributed by atoms with Crippen LogP contribution < -0.4 is 10.1 Å². The molecule has 3 fully saturated rings. The fourth-order valence-corrected chi connectivity index (χ4v) is 4.70. The van der Waals surface area contributed by atoms with Gasteiger partial charge in [-0.2, -0.15) is 0 Å². The quantitative estimate of drug-likeness (QED) is 0.671. The molecule has 6 atom stereocenters. The number of ether oxygens (including phenoxy) is 1. The molecule has 28 heavy (non-hydrogen) atoms. The summed E-state index contributed by atoms with van der Waals surface area (Å²) in [5, 5.41) is 24.1. The maximum absolute atomic E-state index is 12.9. The lowest BCUT2D eigenvalue weighted by atomic mass is 9.65. The lowest BCUT2D eigenvalue weighted by molar-refractivity contribution is -0.145. The van der Waals surface area contributed by atoms with Crippen LogP contribution >= 0.6 is 0 Å². The molecule has 8 nitrogen and oxygen atoms in total. The highest BCUT2D eigenvalue weighted by Gasteiger charge is 2.55. The number of amides is 2. The smallest absolute Gasteiger partial charge is 0.255 e. The minimum absolute atomic E-state index is 0.0728. The van der Waals surface area contributed by atoms with E-state index in [0.29, 0.717) is 24.5 Å². The van der Waals surface area contributed by atoms with Crippen molar-refractivity contribution < 1.29 is 24.5 Å². The third kappa shape index (κ3) is 3.35. The van der Waals surface area contributed by atoms with Crippen LogP contribution in [0.25, 0.3) is 0 Å². The van der Waals surface area contributed by atoms with Gasteiger partial charge in [0.15, 0.2) is 0 Å². The molecule has 1 aromatic rings. The highest BCUT2D eigenvalue weighted by Crippen LogP contribution is 2.44. The molecule has 8 heteroatoms. The van der Waals surface area contributed by atoms with Crippen LogP contribution in [0.5, 0.6) is 5.88 Å². The van der Waals surface area contributed by atoms with Gasteiger partial charge in [0, 0.05) is 43.2 Å². The number of hydrogen-bond donors (Lipinski definition) is 3. The predicted octanol–water partition coefficient (Wildman–Crippen LogP) is 0.0447. The number of pyridine rings is 1. The Labute approximate surface area is 163 Å². The van der Waals surface area contributed by atoms with Crippen molar-refractivity contribution in [1.82, 2.24) is 15.2 Å². The first kappa shape index (κ1) is 19.1. The summed E-state index contributed by atoms with van der Waals surface area (Å²) in [5.74, 6) is -1.13. The first-order valence-corrected chi connectivity index (χ1v) is 9.86. The van der Waals surface area contributed by atoms with E-state index < -0.39 is 18.1 Å². The first-order chi connectivity index (χ1) is 13.4. The number of fused-ring (bicyclic) bond motifs is 1. The topological polar surface area (TPSA) is 112 Å². The Hall–Kier alpha value is -2.19. The molecule has 3 aliphatic rings. The molecule has 2 aliphatic carbocycles. The van der Waals surface area contributed by atoms with Crippen molar-refractivity contribution in [2.24, 2.45) is 23.7 Å². The summed E-state index contributed by atoms with van der Waals surface area (Å²) < 4.78 is 5.03. The van der Waals surface area contributed by atoms with Gasteiger partial charge in [-0.25, -0.2) is 4.98 Å². The fraction of sp³-hybridized carbons (Fsp3) is 0.650. The van der Waals surface area contributed by atoms with Gasteiger partial charge >= 0.3 is 0 Å². The van der Waals surface area contributed by atoms with E-state index in [1.54, 1.807) is 24.0 Å². The average molecular weight is 389 g/mol. The van der Waals surface area contributed by atoms with Gasteiger partial charge in [0.1, 0.15) is 0 Å². The summed E-state index contributed by atoms with van der Waals surface area (Å²) in [4.78, 5) is 31.5. The van der Waals surface area contributed by atoms with Gasteiger partial charge in [0.25, 0.3) is 5.91 Å². The molecule has 4 rings (SSSR count). The number of carbonyl (C=O) groups is 2. The second-order valence-electron chi connectivity index (χ2n) is 8.28. The normalized spacial score (nSPS) is 34.6. The number of rotatable bonds is 4. The molecule has 0 unspecified atom stereocenters. The molecule has 2 amide bonds. The number of nitrogens with one attached hydrogen (secondary N) is 1. The second kappa shape index (κ2) is 7.33. The van der Waals surface area contributed by atoms with Crippen molar-refractivity contribution in [2.45, 2.75) is 38.0 Å². The van der Waals surface area contributed by atoms with E-state index in [9.17, 15) is 19.8 Å². The van der Waals surface area contributed by atoms with Crippen LogP contribution in [0.4, 0.5) is 0 Å². The number of methoxy groups -OCH3 is 1. The van der Waals surface area contributed by atoms with Crippen molar-refractivity contribution in [3.63, 3.8) is 0 Å². The molecule has 152 valence electrons. The summed E-state index contributed by atoms with van der Waals surface area (Å²) in [5.41, 5.74) is 0.432. The maximum atomic E-state index is 12.9. The van der Waals surface area contributed by atoms with E-state index in [1.807, 2.05) is 0 Å². The number of carbonyl (C=O) groups excluding carboxylic acids is 2. The van der Waals surface area contributed by atoms with Crippen LogP contribution in [0.3, 0.4) is 0 Å². The van der Waals surface area contributed by atoms with Crippen molar-refractivity contribution >= 4 is 11.8 Å². The molecule has 0 aromatic carbocycles. The third-order valence-electron chi connectivity index (χ3n) is 6.47. The van der Waals surface area contributed by atoms with Gasteiger partial charge in [0.2, 0.25) is 11.8 Å². The molecular weight excluding hydrogens is 362 g/mol. The van der Waals surface area contributed by atoms with Gasteiger partial charge in [0.05, 0.1) is 24.9 Å². The van der Waals surface area contributed by atoms with Crippen LogP contribution in [0.2, 0.25) is 0 Å². The monoisotopic (exact) mass is 389 g/mol. The minimum Gasteiger partial charge on any atom is -0.481 e. The molecule has 0 bridgehead atoms. The van der Waals surface area contributed by atoms with Crippen molar-refractivity contribution in [2.75, 3.05) is 20.2 Å². The average Bonchev–Trinajstić information content (AvgIpc) is 3.41. The highest BCUT2D eigenvalue weighted by molar-refractivity contribution is 5.94. The van der Waals surface area contributed by atoms with E-state index in [1.165, 1.54) is 13.3 Å². The number of hydrogen-bond acceptors (Lipinski definition) is 6. The number of nitrogens with zero attached hydrogens (tertiary/aromatic N) is 2. The Bertz CT molecular complexity index is 751. The van der Waals surface area contributed by atoms with Gasteiger partial charge in [-0.05, 0) is 30.7 Å². The zero-order valence-corrected chi connectivity index (χ0v) is 16.1. The van der Waals surface area contributed by atoms with E-state index in [-0.39, 0.29) is 35.6 Å². The molecule has 1 aliphatic heterocycles. The van der Waals surface area contributed by atoms with Crippen molar-refractivity contribution in [1.29, 1.82) is 0 Å². The number of likely N-dealkylation sites (tertiary alicyclic amines) is 1. The van der Waals surface area contributed by atoms with Gasteiger partial charge in [-0.15, -0.1) is 0 Å². The van der Waals surface area contributed by atoms with Crippen molar-refractivity contribution in [3.05, 3.63) is 23.9 Å². The number of aliphatic hydroxyl groups is 2. The van der Waals surface area contributed by atoms with Gasteiger partial charge < -0.3 is 25.2 Å². The van der Waals surface area contributed by atoms with E-state index in [0.717, 1.165) is 12.8 Å². The molecule has 0 radical (unpaired) electrons. The maximum Gasteiger partial charge on any atom is 0.255 e.